The average Bonchev–Trinajstić information content (AvgIpc) is 3.82. The molecule has 6 heterocycles. The van der Waals surface area contributed by atoms with E-state index in [1.165, 1.54) is 10.8 Å². The van der Waals surface area contributed by atoms with Gasteiger partial charge in [0.15, 0.2) is 17.3 Å². The smallest absolute Gasteiger partial charge is 0.416 e. The summed E-state index contributed by atoms with van der Waals surface area (Å²) in [5, 5.41) is 17.8. The van der Waals surface area contributed by atoms with Gasteiger partial charge in [-0.15, -0.1) is 5.10 Å². The van der Waals surface area contributed by atoms with E-state index in [9.17, 15) is 32.7 Å². The summed E-state index contributed by atoms with van der Waals surface area (Å²) >= 11 is 6.23. The van der Waals surface area contributed by atoms with Crippen molar-refractivity contribution in [3.8, 4) is 17.1 Å². The maximum Gasteiger partial charge on any atom is 0.416 e. The monoisotopic (exact) mass is 858 g/mol. The van der Waals surface area contributed by atoms with Gasteiger partial charge in [-0.2, -0.15) is 22.7 Å². The summed E-state index contributed by atoms with van der Waals surface area (Å²) in [6, 6.07) is 10.9. The van der Waals surface area contributed by atoms with E-state index < -0.39 is 29.0 Å². The molecule has 3 saturated heterocycles. The number of anilines is 2. The molecule has 318 valence electrons. The fraction of sp³-hybridized carbons (Fsp3) is 0.452. The highest BCUT2D eigenvalue weighted by Gasteiger charge is 2.59. The number of fused-ring (bicyclic) bond motifs is 5. The molecule has 61 heavy (non-hydrogen) atoms. The van der Waals surface area contributed by atoms with Crippen LogP contribution in [-0.4, -0.2) is 114 Å². The molecular weight excluding hydrogens is 817 g/mol. The number of carbonyl (C=O) groups is 2. The molecule has 3 atom stereocenters. The minimum Gasteiger partial charge on any atom is -0.504 e. The summed E-state index contributed by atoms with van der Waals surface area (Å²) in [5.41, 5.74) is 1.21. The van der Waals surface area contributed by atoms with Crippen molar-refractivity contribution >= 4 is 40.6 Å². The molecule has 0 bridgehead atoms. The fourth-order valence-corrected chi connectivity index (χ4v) is 10.4. The quantitative estimate of drug-likeness (QED) is 0.233. The Kier molecular flexibility index (Phi) is 9.59. The van der Waals surface area contributed by atoms with Gasteiger partial charge in [0.05, 0.1) is 41.2 Å². The van der Waals surface area contributed by atoms with Gasteiger partial charge in [0.25, 0.3) is 11.5 Å². The molecule has 15 nitrogen and oxygen atoms in total. The van der Waals surface area contributed by atoms with Crippen LogP contribution in [0.2, 0.25) is 5.02 Å². The Morgan fingerprint density at radius 3 is 2.46 bits per heavy atom. The Labute approximate surface area is 352 Å². The number of likely N-dealkylation sites (tertiary alicyclic amines) is 1. The minimum atomic E-state index is -4.61. The van der Waals surface area contributed by atoms with E-state index in [-0.39, 0.29) is 57.8 Å². The highest BCUT2D eigenvalue weighted by Crippen LogP contribution is 2.57. The topological polar surface area (TPSA) is 163 Å². The van der Waals surface area contributed by atoms with Crippen LogP contribution in [0.25, 0.3) is 17.2 Å². The number of alkyl halides is 3. The standard InChI is InChI=1S/C42H42ClF3N10O5/c1-23-36(58)35(48-22-47-23)39(60)54-13-12-41(28-7-9-31(28)54)11-10-32-34(41)38(59)56-40(55(32)19-33(57)49-30-8-4-25(18-29(30)43)42(44,45)46)50-37(51-56)24-2-5-26(6-3-24)52-14-16-53(17-15-52)27-20-61-21-27/h2-6,8,18,22,27-28,31,58H,7,9-17,19-21H2,1H3,(H,49,57)/t28-,31+,41+/m0/s1. The number of hydrogen-bond acceptors (Lipinski definition) is 11. The average molecular weight is 859 g/mol. The number of piperazine rings is 1. The van der Waals surface area contributed by atoms with Gasteiger partial charge in [-0.05, 0) is 87.4 Å². The van der Waals surface area contributed by atoms with Crippen LogP contribution in [0.3, 0.4) is 0 Å². The zero-order chi connectivity index (χ0) is 42.4. The summed E-state index contributed by atoms with van der Waals surface area (Å²) in [7, 11) is 0. The first-order valence-electron chi connectivity index (χ1n) is 20.5. The lowest BCUT2D eigenvalue weighted by Gasteiger charge is -2.57. The number of benzene rings is 2. The number of carbonyl (C=O) groups excluding carboxylic acids is 2. The van der Waals surface area contributed by atoms with Crippen molar-refractivity contribution in [2.24, 2.45) is 5.92 Å². The molecule has 1 spiro atoms. The lowest BCUT2D eigenvalue weighted by Crippen LogP contribution is -2.63. The maximum atomic E-state index is 14.9. The summed E-state index contributed by atoms with van der Waals surface area (Å²) in [5.74, 6) is -0.888. The Bertz CT molecular complexity index is 2640. The molecule has 3 aromatic heterocycles. The predicted octanol–water partition coefficient (Wildman–Crippen LogP) is 4.70. The first kappa shape index (κ1) is 39.5. The van der Waals surface area contributed by atoms with E-state index in [0.29, 0.717) is 60.8 Å². The third-order valence-corrected chi connectivity index (χ3v) is 13.9. The van der Waals surface area contributed by atoms with Crippen molar-refractivity contribution in [2.75, 3.05) is 56.2 Å². The molecular formula is C42H42ClF3N10O5. The first-order chi connectivity index (χ1) is 29.3. The van der Waals surface area contributed by atoms with Gasteiger partial charge < -0.3 is 29.5 Å². The van der Waals surface area contributed by atoms with Gasteiger partial charge in [-0.25, -0.2) is 9.97 Å². The second-order valence-electron chi connectivity index (χ2n) is 16.7. The molecule has 19 heteroatoms. The van der Waals surface area contributed by atoms with Crippen LogP contribution < -0.4 is 15.8 Å². The van der Waals surface area contributed by atoms with Crippen LogP contribution in [0, 0.1) is 12.8 Å². The summed E-state index contributed by atoms with van der Waals surface area (Å²) in [6.07, 6.45) is -0.408. The minimum absolute atomic E-state index is 0.00447. The third kappa shape index (κ3) is 6.61. The van der Waals surface area contributed by atoms with E-state index in [1.807, 2.05) is 24.3 Å². The SMILES string of the molecule is Cc1ncnc(C(=O)N2CC[C@]3(CCc4c3c(=O)n3nc(-c5ccc(N6CCN(C7COC7)CC6)cc5)nc3n4CC(=O)Nc3ccc(C(F)(F)F)cc3Cl)[C@H]3CC[C@H]32)c1O. The number of aromatic hydroxyl groups is 1. The molecule has 10 rings (SSSR count). The first-order valence-corrected chi connectivity index (χ1v) is 20.9. The third-order valence-electron chi connectivity index (χ3n) is 13.6. The highest BCUT2D eigenvalue weighted by molar-refractivity contribution is 6.33. The second kappa shape index (κ2) is 14.8. The Morgan fingerprint density at radius 2 is 1.79 bits per heavy atom. The summed E-state index contributed by atoms with van der Waals surface area (Å²) < 4.78 is 48.5. The molecule has 0 unspecified atom stereocenters. The predicted molar refractivity (Wildman–Crippen MR) is 217 cm³/mol. The Hall–Kier alpha value is -5.59. The van der Waals surface area contributed by atoms with Crippen LogP contribution in [0.15, 0.2) is 53.6 Å². The van der Waals surface area contributed by atoms with Gasteiger partial charge in [0.2, 0.25) is 11.7 Å². The molecule has 0 radical (unpaired) electrons. The van der Waals surface area contributed by atoms with Gasteiger partial charge in [-0.3, -0.25) is 19.3 Å². The molecule has 2 N–H and O–H groups in total. The Morgan fingerprint density at radius 1 is 1.02 bits per heavy atom. The number of nitrogens with zero attached hydrogens (tertiary/aromatic N) is 9. The van der Waals surface area contributed by atoms with Crippen molar-refractivity contribution < 1.29 is 32.6 Å². The molecule has 2 aliphatic carbocycles. The summed E-state index contributed by atoms with van der Waals surface area (Å²) in [4.78, 5) is 62.0. The number of ether oxygens (including phenoxy) is 1. The van der Waals surface area contributed by atoms with Crippen LogP contribution in [-0.2, 0) is 34.1 Å². The van der Waals surface area contributed by atoms with Crippen molar-refractivity contribution in [2.45, 2.75) is 69.2 Å². The van der Waals surface area contributed by atoms with Gasteiger partial charge in [0.1, 0.15) is 12.9 Å². The van der Waals surface area contributed by atoms with E-state index in [1.54, 1.807) is 16.4 Å². The van der Waals surface area contributed by atoms with Crippen LogP contribution in [0.4, 0.5) is 24.5 Å². The molecule has 2 amide bonds. The summed E-state index contributed by atoms with van der Waals surface area (Å²) in [6.45, 7) is 6.80. The Balaban J connectivity index is 0.992. The van der Waals surface area contributed by atoms with Crippen LogP contribution >= 0.6 is 11.6 Å². The fourth-order valence-electron chi connectivity index (χ4n) is 10.1. The molecule has 1 saturated carbocycles. The molecule has 2 aromatic carbocycles. The van der Waals surface area contributed by atoms with E-state index >= 15 is 0 Å². The van der Waals surface area contributed by atoms with E-state index in [4.69, 9.17) is 26.4 Å². The van der Waals surface area contributed by atoms with Crippen LogP contribution in [0.5, 0.6) is 5.75 Å². The number of aryl methyl sites for hydroxylation is 1. The number of hydrogen-bond donors (Lipinski definition) is 2. The van der Waals surface area contributed by atoms with Crippen molar-refractivity contribution in [3.63, 3.8) is 0 Å². The zero-order valence-electron chi connectivity index (χ0n) is 33.2. The molecule has 5 aliphatic rings. The lowest BCUT2D eigenvalue weighted by molar-refractivity contribution is -0.137. The number of piperidine rings is 1. The van der Waals surface area contributed by atoms with Crippen molar-refractivity contribution in [1.82, 2.24) is 38.9 Å². The normalized spacial score (nSPS) is 22.8. The van der Waals surface area contributed by atoms with Gasteiger partial charge in [-0.1, -0.05) is 11.6 Å². The van der Waals surface area contributed by atoms with E-state index in [2.05, 4.69) is 25.1 Å². The maximum absolute atomic E-state index is 14.9. The van der Waals surface area contributed by atoms with Gasteiger partial charge >= 0.3 is 6.18 Å². The molecule has 5 aromatic rings. The highest BCUT2D eigenvalue weighted by atomic mass is 35.5. The van der Waals surface area contributed by atoms with E-state index in [0.717, 1.165) is 69.7 Å². The largest absolute Gasteiger partial charge is 0.504 e. The zero-order valence-corrected chi connectivity index (χ0v) is 33.9. The number of halogens is 4. The van der Waals surface area contributed by atoms with Gasteiger partial charge in [0, 0.05) is 66.7 Å². The lowest BCUT2D eigenvalue weighted by atomic mass is 9.56. The number of rotatable bonds is 7. The number of nitrogens with one attached hydrogen (secondary N) is 1. The number of aromatic nitrogens is 6. The second-order valence-corrected chi connectivity index (χ2v) is 17.1. The number of amides is 2. The van der Waals surface area contributed by atoms with Crippen molar-refractivity contribution in [1.29, 1.82) is 0 Å². The van der Waals surface area contributed by atoms with Crippen LogP contribution in [0.1, 0.15) is 58.7 Å². The molecule has 3 aliphatic heterocycles. The van der Waals surface area contributed by atoms with Crippen molar-refractivity contribution in [3.05, 3.63) is 92.4 Å². The molecule has 4 fully saturated rings.